The van der Waals surface area contributed by atoms with Crippen LogP contribution in [0.4, 0.5) is 0 Å². The molecule has 7 rings (SSSR count). The largest absolute Gasteiger partial charge is 0.454 e. The Bertz CT molecular complexity index is 1710. The molecule has 1 aliphatic heterocycles. The number of hydrogen-bond acceptors (Lipinski definition) is 4. The Morgan fingerprint density at radius 3 is 1.81 bits per heavy atom. The highest BCUT2D eigenvalue weighted by Gasteiger charge is 2.24. The molecular weight excluding hydrogens is 466 g/mol. The summed E-state index contributed by atoms with van der Waals surface area (Å²) >= 11 is 6.47. The van der Waals surface area contributed by atoms with Crippen LogP contribution >= 0.6 is 11.6 Å². The summed E-state index contributed by atoms with van der Waals surface area (Å²) in [5, 5.41) is 2.63. The summed E-state index contributed by atoms with van der Waals surface area (Å²) < 4.78 is 6.27. The van der Waals surface area contributed by atoms with E-state index in [4.69, 9.17) is 31.3 Å². The summed E-state index contributed by atoms with van der Waals surface area (Å²) in [7, 11) is 0. The number of ether oxygens (including phenoxy) is 1. The molecular formula is C31H18ClN3O. The van der Waals surface area contributed by atoms with Crippen LogP contribution in [0.3, 0.4) is 0 Å². The van der Waals surface area contributed by atoms with Crippen LogP contribution in [0, 0.1) is 0 Å². The van der Waals surface area contributed by atoms with E-state index in [-0.39, 0.29) is 0 Å². The lowest BCUT2D eigenvalue weighted by molar-refractivity contribution is 0.487. The third kappa shape index (κ3) is 3.35. The second kappa shape index (κ2) is 8.29. The first-order valence-electron chi connectivity index (χ1n) is 11.7. The lowest BCUT2D eigenvalue weighted by atomic mass is 9.92. The number of benzene rings is 5. The Hall–Kier alpha value is -4.54. The monoisotopic (exact) mass is 483 g/mol. The Morgan fingerprint density at radius 2 is 1.11 bits per heavy atom. The van der Waals surface area contributed by atoms with Gasteiger partial charge in [-0.15, -0.1) is 0 Å². The van der Waals surface area contributed by atoms with Crippen molar-refractivity contribution in [3.8, 4) is 56.8 Å². The molecule has 4 nitrogen and oxygen atoms in total. The third-order valence-corrected chi connectivity index (χ3v) is 6.71. The highest BCUT2D eigenvalue weighted by molar-refractivity contribution is 6.33. The van der Waals surface area contributed by atoms with Crippen molar-refractivity contribution in [3.63, 3.8) is 0 Å². The average Bonchev–Trinajstić information content (AvgIpc) is 2.95. The molecule has 0 bridgehead atoms. The first kappa shape index (κ1) is 20.8. The number of para-hydroxylation sites is 1. The van der Waals surface area contributed by atoms with Gasteiger partial charge in [0.05, 0.1) is 5.02 Å². The maximum Gasteiger partial charge on any atom is 0.164 e. The molecule has 0 radical (unpaired) electrons. The SMILES string of the molecule is Clc1cccc2c1Oc1ccc(-c3nc(-c4ccccc4)nc(-c4ccccc4)n3)c3cccc-2c13. The number of hydrogen-bond donors (Lipinski definition) is 0. The van der Waals surface area contributed by atoms with Gasteiger partial charge in [-0.05, 0) is 29.1 Å². The van der Waals surface area contributed by atoms with E-state index >= 15 is 0 Å². The molecule has 0 amide bonds. The standard InChI is InChI=1S/C31H18ClN3O/c32-25-16-8-15-23-21-13-7-14-22-24(17-18-26(27(21)22)36-28(23)25)31-34-29(19-9-3-1-4-10-19)33-30(35-31)20-11-5-2-6-12-20/h1-18H. The zero-order valence-corrected chi connectivity index (χ0v) is 19.8. The second-order valence-corrected chi connectivity index (χ2v) is 9.00. The van der Waals surface area contributed by atoms with Gasteiger partial charge in [0, 0.05) is 27.6 Å². The van der Waals surface area contributed by atoms with E-state index in [1.165, 1.54) is 0 Å². The molecule has 6 aromatic rings. The van der Waals surface area contributed by atoms with Gasteiger partial charge in [0.1, 0.15) is 5.75 Å². The lowest BCUT2D eigenvalue weighted by Gasteiger charge is -2.23. The van der Waals surface area contributed by atoms with Gasteiger partial charge in [0.15, 0.2) is 23.2 Å². The highest BCUT2D eigenvalue weighted by Crippen LogP contribution is 2.50. The van der Waals surface area contributed by atoms with Gasteiger partial charge >= 0.3 is 0 Å². The molecule has 170 valence electrons. The quantitative estimate of drug-likeness (QED) is 0.253. The summed E-state index contributed by atoms with van der Waals surface area (Å²) in [6, 6.07) is 36.1. The normalized spacial score (nSPS) is 11.7. The van der Waals surface area contributed by atoms with Crippen molar-refractivity contribution >= 4 is 22.4 Å². The van der Waals surface area contributed by atoms with Crippen LogP contribution in [-0.2, 0) is 0 Å². The summed E-state index contributed by atoms with van der Waals surface area (Å²) in [6.45, 7) is 0. The highest BCUT2D eigenvalue weighted by atomic mass is 35.5. The van der Waals surface area contributed by atoms with Gasteiger partial charge in [0.2, 0.25) is 0 Å². The molecule has 0 N–H and O–H groups in total. The van der Waals surface area contributed by atoms with Crippen molar-refractivity contribution in [2.75, 3.05) is 0 Å². The molecule has 2 heterocycles. The maximum atomic E-state index is 6.47. The number of aromatic nitrogens is 3. The summed E-state index contributed by atoms with van der Waals surface area (Å²) in [5.74, 6) is 3.33. The zero-order valence-electron chi connectivity index (χ0n) is 19.0. The molecule has 1 aromatic heterocycles. The number of fused-ring (bicyclic) bond motifs is 2. The number of rotatable bonds is 3. The van der Waals surface area contributed by atoms with E-state index < -0.39 is 0 Å². The molecule has 0 fully saturated rings. The molecule has 0 saturated heterocycles. The van der Waals surface area contributed by atoms with Crippen LogP contribution in [-0.4, -0.2) is 15.0 Å². The zero-order chi connectivity index (χ0) is 24.1. The fourth-order valence-electron chi connectivity index (χ4n) is 4.74. The maximum absolute atomic E-state index is 6.47. The first-order valence-corrected chi connectivity index (χ1v) is 12.0. The van der Waals surface area contributed by atoms with Crippen molar-refractivity contribution in [1.29, 1.82) is 0 Å². The van der Waals surface area contributed by atoms with Crippen molar-refractivity contribution < 1.29 is 4.74 Å². The number of nitrogens with zero attached hydrogens (tertiary/aromatic N) is 3. The summed E-state index contributed by atoms with van der Waals surface area (Å²) in [5.41, 5.74) is 4.85. The van der Waals surface area contributed by atoms with Crippen molar-refractivity contribution in [2.24, 2.45) is 0 Å². The van der Waals surface area contributed by atoms with Gasteiger partial charge in [-0.2, -0.15) is 0 Å². The van der Waals surface area contributed by atoms with Crippen LogP contribution in [0.1, 0.15) is 0 Å². The molecule has 36 heavy (non-hydrogen) atoms. The fraction of sp³-hybridized carbons (Fsp3) is 0. The fourth-order valence-corrected chi connectivity index (χ4v) is 4.96. The van der Waals surface area contributed by atoms with Gasteiger partial charge < -0.3 is 4.74 Å². The predicted octanol–water partition coefficient (Wildman–Crippen LogP) is 8.45. The Morgan fingerprint density at radius 1 is 0.500 bits per heavy atom. The van der Waals surface area contributed by atoms with E-state index in [0.717, 1.165) is 44.3 Å². The van der Waals surface area contributed by atoms with Gasteiger partial charge in [-0.1, -0.05) is 103 Å². The van der Waals surface area contributed by atoms with E-state index in [9.17, 15) is 0 Å². The van der Waals surface area contributed by atoms with E-state index in [1.807, 2.05) is 91.0 Å². The minimum atomic E-state index is 0.594. The van der Waals surface area contributed by atoms with Crippen molar-refractivity contribution in [2.45, 2.75) is 0 Å². The average molecular weight is 484 g/mol. The smallest absolute Gasteiger partial charge is 0.164 e. The van der Waals surface area contributed by atoms with Crippen molar-refractivity contribution in [1.82, 2.24) is 15.0 Å². The van der Waals surface area contributed by atoms with Crippen LogP contribution in [0.15, 0.2) is 109 Å². The number of halogens is 1. The molecule has 0 spiro atoms. The van der Waals surface area contributed by atoms with Gasteiger partial charge in [-0.3, -0.25) is 0 Å². The van der Waals surface area contributed by atoms with E-state index in [0.29, 0.717) is 28.2 Å². The minimum Gasteiger partial charge on any atom is -0.454 e. The minimum absolute atomic E-state index is 0.594. The van der Waals surface area contributed by atoms with Crippen LogP contribution in [0.5, 0.6) is 11.5 Å². The lowest BCUT2D eigenvalue weighted by Crippen LogP contribution is -2.02. The van der Waals surface area contributed by atoms with Crippen LogP contribution in [0.2, 0.25) is 5.02 Å². The Labute approximate surface area is 212 Å². The summed E-state index contributed by atoms with van der Waals surface area (Å²) in [6.07, 6.45) is 0. The van der Waals surface area contributed by atoms with Crippen molar-refractivity contribution in [3.05, 3.63) is 114 Å². The molecule has 5 aromatic carbocycles. The van der Waals surface area contributed by atoms with E-state index in [2.05, 4.69) is 18.2 Å². The molecule has 0 saturated carbocycles. The Balaban J connectivity index is 1.49. The predicted molar refractivity (Wildman–Crippen MR) is 144 cm³/mol. The first-order chi connectivity index (χ1) is 17.8. The molecule has 0 atom stereocenters. The molecule has 0 unspecified atom stereocenters. The second-order valence-electron chi connectivity index (χ2n) is 8.60. The van der Waals surface area contributed by atoms with Crippen LogP contribution < -0.4 is 4.74 Å². The molecule has 1 aliphatic rings. The van der Waals surface area contributed by atoms with Gasteiger partial charge in [0.25, 0.3) is 0 Å². The van der Waals surface area contributed by atoms with Crippen LogP contribution in [0.25, 0.3) is 56.1 Å². The summed E-state index contributed by atoms with van der Waals surface area (Å²) in [4.78, 5) is 14.7. The molecule has 5 heteroatoms. The van der Waals surface area contributed by atoms with Gasteiger partial charge in [-0.25, -0.2) is 15.0 Å². The topological polar surface area (TPSA) is 47.9 Å². The van der Waals surface area contributed by atoms with E-state index in [1.54, 1.807) is 0 Å². The Kier molecular flexibility index (Phi) is 4.79. The third-order valence-electron chi connectivity index (χ3n) is 6.41. The molecule has 0 aliphatic carbocycles.